The molecule has 0 atom stereocenters. The Kier molecular flexibility index (Phi) is 4.07. The highest BCUT2D eigenvalue weighted by Crippen LogP contribution is 2.45. The first-order chi connectivity index (χ1) is 20.4. The number of hydrogen-bond acceptors (Lipinski definition) is 2. The average molecular weight is 540 g/mol. The van der Waals surface area contributed by atoms with Gasteiger partial charge in [-0.05, 0) is 42.5 Å². The Bertz CT molecular complexity index is 2690. The van der Waals surface area contributed by atoms with Crippen LogP contribution in [0.5, 0.6) is 0 Å². The zero-order valence-electron chi connectivity index (χ0n) is 21.9. The second-order valence-electron chi connectivity index (χ2n) is 10.8. The van der Waals surface area contributed by atoms with Crippen LogP contribution < -0.4 is 0 Å². The Morgan fingerprint density at radius 1 is 0.488 bits per heavy atom. The quantitative estimate of drug-likeness (QED) is 0.190. The van der Waals surface area contributed by atoms with Gasteiger partial charge < -0.3 is 4.57 Å². The fourth-order valence-corrected chi connectivity index (χ4v) is 8.25. The largest absolute Gasteiger partial charge is 0.307 e. The van der Waals surface area contributed by atoms with Gasteiger partial charge in [0, 0.05) is 52.8 Å². The van der Waals surface area contributed by atoms with Gasteiger partial charge in [-0.1, -0.05) is 84.9 Å². The summed E-state index contributed by atoms with van der Waals surface area (Å²) in [6.45, 7) is 0. The topological polar surface area (TPSA) is 22.2 Å². The summed E-state index contributed by atoms with van der Waals surface area (Å²) in [6, 6.07) is 46.1. The number of nitrogens with zero attached hydrogens (tertiary/aromatic N) is 3. The number of para-hydroxylation sites is 4. The van der Waals surface area contributed by atoms with Crippen LogP contribution in [0.4, 0.5) is 0 Å². The first-order valence-corrected chi connectivity index (χ1v) is 14.7. The molecule has 0 aliphatic heterocycles. The van der Waals surface area contributed by atoms with Crippen molar-refractivity contribution in [3.05, 3.63) is 127 Å². The number of hydrogen-bond donors (Lipinski definition) is 0. The van der Waals surface area contributed by atoms with Crippen molar-refractivity contribution in [2.24, 2.45) is 0 Å². The lowest BCUT2D eigenvalue weighted by Gasteiger charge is -2.14. The first kappa shape index (κ1) is 21.6. The molecule has 0 aliphatic rings. The molecule has 0 unspecified atom stereocenters. The summed E-state index contributed by atoms with van der Waals surface area (Å²) in [7, 11) is 0. The Labute approximate surface area is 238 Å². The van der Waals surface area contributed by atoms with E-state index in [1.54, 1.807) is 0 Å². The third kappa shape index (κ3) is 2.70. The van der Waals surface area contributed by atoms with E-state index in [1.807, 2.05) is 11.3 Å². The van der Waals surface area contributed by atoms with Crippen molar-refractivity contribution >= 4 is 91.7 Å². The summed E-state index contributed by atoms with van der Waals surface area (Å²) in [5.74, 6) is 0. The van der Waals surface area contributed by atoms with Crippen molar-refractivity contribution < 1.29 is 0 Å². The summed E-state index contributed by atoms with van der Waals surface area (Å²) in [4.78, 5) is 5.28. The van der Waals surface area contributed by atoms with Crippen molar-refractivity contribution in [3.8, 4) is 5.69 Å². The number of benzene rings is 6. The number of pyridine rings is 1. The number of fused-ring (bicyclic) bond motifs is 16. The average Bonchev–Trinajstić information content (AvgIpc) is 3.71. The summed E-state index contributed by atoms with van der Waals surface area (Å²) in [6.07, 6.45) is 0. The van der Waals surface area contributed by atoms with Crippen molar-refractivity contribution in [2.45, 2.75) is 0 Å². The lowest BCUT2D eigenvalue weighted by atomic mass is 10.0. The van der Waals surface area contributed by atoms with Gasteiger partial charge in [-0.2, -0.15) is 0 Å². The summed E-state index contributed by atoms with van der Waals surface area (Å²) in [5.41, 5.74) is 7.92. The molecule has 6 aromatic carbocycles. The van der Waals surface area contributed by atoms with Crippen molar-refractivity contribution in [1.82, 2.24) is 14.0 Å². The number of imidazole rings is 1. The van der Waals surface area contributed by atoms with E-state index in [9.17, 15) is 0 Å². The molecule has 10 aromatic rings. The smallest absolute Gasteiger partial charge is 0.146 e. The molecule has 0 aliphatic carbocycles. The molecule has 4 heterocycles. The highest BCUT2D eigenvalue weighted by atomic mass is 32.1. The SMILES string of the molecule is c1ccc(-n2c3ccccc3c3ccc4c5c(ccc6c7ccccc7sc65)c5nc6ccccc6n5c4c32)cc1. The van der Waals surface area contributed by atoms with Crippen LogP contribution in [0.1, 0.15) is 0 Å². The lowest BCUT2D eigenvalue weighted by Crippen LogP contribution is -1.98. The standard InChI is InChI=1S/C37H21N3S/c1-2-10-22(11-3-1)39-30-15-7-4-12-23(30)25-18-20-27-33-28(21-19-26-24-13-5-9-17-32(24)41-36(26)33)37-38-29-14-6-8-16-31(29)40(37)35(27)34(25)39/h1-21H. The van der Waals surface area contributed by atoms with Crippen LogP contribution in [0.3, 0.4) is 0 Å². The molecule has 0 radical (unpaired) electrons. The van der Waals surface area contributed by atoms with Gasteiger partial charge >= 0.3 is 0 Å². The maximum absolute atomic E-state index is 5.28. The van der Waals surface area contributed by atoms with Gasteiger partial charge in [0.1, 0.15) is 5.65 Å². The van der Waals surface area contributed by atoms with Crippen LogP contribution >= 0.6 is 11.3 Å². The van der Waals surface area contributed by atoms with Crippen LogP contribution in [0.25, 0.3) is 86.0 Å². The molecule has 10 rings (SSSR count). The maximum atomic E-state index is 5.28. The highest BCUT2D eigenvalue weighted by Gasteiger charge is 2.22. The zero-order chi connectivity index (χ0) is 26.7. The minimum absolute atomic E-state index is 1.01. The first-order valence-electron chi connectivity index (χ1n) is 13.9. The Morgan fingerprint density at radius 2 is 1.17 bits per heavy atom. The molecule has 3 nitrogen and oxygen atoms in total. The molecule has 190 valence electrons. The molecular formula is C37H21N3S. The summed E-state index contributed by atoms with van der Waals surface area (Å²) < 4.78 is 7.49. The monoisotopic (exact) mass is 539 g/mol. The second-order valence-corrected chi connectivity index (χ2v) is 11.8. The zero-order valence-corrected chi connectivity index (χ0v) is 22.7. The summed E-state index contributed by atoms with van der Waals surface area (Å²) in [5, 5.41) is 8.85. The van der Waals surface area contributed by atoms with E-state index in [4.69, 9.17) is 4.98 Å². The van der Waals surface area contributed by atoms with Crippen molar-refractivity contribution in [1.29, 1.82) is 0 Å². The third-order valence-corrected chi connectivity index (χ3v) is 9.87. The third-order valence-electron chi connectivity index (χ3n) is 8.67. The van der Waals surface area contributed by atoms with E-state index in [-0.39, 0.29) is 0 Å². The molecule has 0 bridgehead atoms. The number of aromatic nitrogens is 3. The molecule has 4 heteroatoms. The normalized spacial score (nSPS) is 12.4. The predicted molar refractivity (Wildman–Crippen MR) is 175 cm³/mol. The van der Waals surface area contributed by atoms with Crippen LogP contribution in [-0.2, 0) is 0 Å². The molecular weight excluding hydrogens is 518 g/mol. The maximum Gasteiger partial charge on any atom is 0.146 e. The van der Waals surface area contributed by atoms with Crippen LogP contribution in [-0.4, -0.2) is 14.0 Å². The fourth-order valence-electron chi connectivity index (χ4n) is 6.99. The van der Waals surface area contributed by atoms with E-state index in [0.717, 1.165) is 22.4 Å². The van der Waals surface area contributed by atoms with Gasteiger partial charge in [0.25, 0.3) is 0 Å². The molecule has 0 amide bonds. The van der Waals surface area contributed by atoms with Crippen LogP contribution in [0.2, 0.25) is 0 Å². The van der Waals surface area contributed by atoms with Gasteiger partial charge in [-0.3, -0.25) is 4.40 Å². The Hall–Kier alpha value is -5.19. The van der Waals surface area contributed by atoms with Crippen LogP contribution in [0.15, 0.2) is 127 Å². The molecule has 0 fully saturated rings. The van der Waals surface area contributed by atoms with Crippen molar-refractivity contribution in [3.63, 3.8) is 0 Å². The minimum atomic E-state index is 1.01. The van der Waals surface area contributed by atoms with Gasteiger partial charge in [0.2, 0.25) is 0 Å². The van der Waals surface area contributed by atoms with E-state index >= 15 is 0 Å². The number of thiophene rings is 1. The predicted octanol–water partition coefficient (Wildman–Crippen LogP) is 10.3. The number of rotatable bonds is 1. The van der Waals surface area contributed by atoms with Crippen molar-refractivity contribution in [2.75, 3.05) is 0 Å². The lowest BCUT2D eigenvalue weighted by molar-refractivity contribution is 1.18. The Balaban J connectivity index is 1.58. The second kappa shape index (κ2) is 7.72. The van der Waals surface area contributed by atoms with E-state index in [2.05, 4.69) is 136 Å². The minimum Gasteiger partial charge on any atom is -0.307 e. The molecule has 0 N–H and O–H groups in total. The van der Waals surface area contributed by atoms with E-state index < -0.39 is 0 Å². The van der Waals surface area contributed by atoms with Gasteiger partial charge in [0.15, 0.2) is 0 Å². The molecule has 41 heavy (non-hydrogen) atoms. The molecule has 0 spiro atoms. The van der Waals surface area contributed by atoms with Gasteiger partial charge in [-0.25, -0.2) is 4.98 Å². The summed E-state index contributed by atoms with van der Waals surface area (Å²) >= 11 is 1.89. The highest BCUT2D eigenvalue weighted by molar-refractivity contribution is 7.26. The van der Waals surface area contributed by atoms with Crippen LogP contribution in [0, 0.1) is 0 Å². The van der Waals surface area contributed by atoms with Gasteiger partial charge in [0.05, 0.1) is 27.6 Å². The molecule has 4 aromatic heterocycles. The molecule has 0 saturated carbocycles. The Morgan fingerprint density at radius 3 is 2.07 bits per heavy atom. The van der Waals surface area contributed by atoms with E-state index in [0.29, 0.717) is 0 Å². The van der Waals surface area contributed by atoms with Gasteiger partial charge in [-0.15, -0.1) is 11.3 Å². The molecule has 0 saturated heterocycles. The fraction of sp³-hybridized carbons (Fsp3) is 0. The van der Waals surface area contributed by atoms with E-state index in [1.165, 1.54) is 63.7 Å².